The van der Waals surface area contributed by atoms with Gasteiger partial charge in [-0.05, 0) is 43.5 Å². The molecule has 1 saturated carbocycles. The van der Waals surface area contributed by atoms with Crippen LogP contribution in [0.1, 0.15) is 29.8 Å². The molecule has 0 unspecified atom stereocenters. The number of nitrogens with zero attached hydrogens (tertiary/aromatic N) is 1. The Morgan fingerprint density at radius 3 is 2.63 bits per heavy atom. The summed E-state index contributed by atoms with van der Waals surface area (Å²) in [6.07, 6.45) is 2.13. The van der Waals surface area contributed by atoms with Gasteiger partial charge in [-0.3, -0.25) is 4.79 Å². The molecular formula is C18H18ClNO6S. The Balaban J connectivity index is 1.41. The molecule has 0 bridgehead atoms. The maximum Gasteiger partial charge on any atom is 0.374 e. The number of hydrogen-bond donors (Lipinski definition) is 0. The molecule has 0 spiro atoms. The van der Waals surface area contributed by atoms with Gasteiger partial charge in [-0.2, -0.15) is 0 Å². The molecule has 1 aliphatic heterocycles. The van der Waals surface area contributed by atoms with Crippen LogP contribution in [-0.4, -0.2) is 55.4 Å². The fraction of sp³-hybridized carbons (Fsp3) is 0.444. The zero-order chi connectivity index (χ0) is 19.2. The standard InChI is InChI=1S/C18H18ClNO6S/c19-12-1-4-15-11(7-12)8-16(26-15)18(22)25-9-17(21)20(13-2-3-13)14-5-6-27(23,24)10-14/h1,4,7-8,13-14H,2-3,5-6,9-10H2/t14-/m0/s1. The summed E-state index contributed by atoms with van der Waals surface area (Å²) in [6.45, 7) is -0.441. The first-order chi connectivity index (χ1) is 12.8. The number of furan rings is 1. The fourth-order valence-corrected chi connectivity index (χ4v) is 5.33. The van der Waals surface area contributed by atoms with E-state index in [4.69, 9.17) is 20.8 Å². The lowest BCUT2D eigenvalue weighted by Gasteiger charge is -2.28. The van der Waals surface area contributed by atoms with Gasteiger partial charge in [0.25, 0.3) is 5.91 Å². The highest BCUT2D eigenvalue weighted by molar-refractivity contribution is 7.91. The molecule has 0 N–H and O–H groups in total. The van der Waals surface area contributed by atoms with E-state index in [-0.39, 0.29) is 35.3 Å². The van der Waals surface area contributed by atoms with E-state index in [0.717, 1.165) is 12.8 Å². The number of amides is 1. The van der Waals surface area contributed by atoms with Crippen molar-refractivity contribution in [3.63, 3.8) is 0 Å². The van der Waals surface area contributed by atoms with Gasteiger partial charge in [-0.1, -0.05) is 11.6 Å². The van der Waals surface area contributed by atoms with Gasteiger partial charge in [-0.15, -0.1) is 0 Å². The third-order valence-corrected chi connectivity index (χ3v) is 6.82. The van der Waals surface area contributed by atoms with Crippen LogP contribution in [0.5, 0.6) is 0 Å². The van der Waals surface area contributed by atoms with Crippen LogP contribution in [0.4, 0.5) is 0 Å². The first-order valence-electron chi connectivity index (χ1n) is 8.70. The van der Waals surface area contributed by atoms with Gasteiger partial charge in [0.15, 0.2) is 16.4 Å². The minimum atomic E-state index is -3.10. The quantitative estimate of drug-likeness (QED) is 0.701. The summed E-state index contributed by atoms with van der Waals surface area (Å²) in [5.41, 5.74) is 0.494. The number of esters is 1. The SMILES string of the molecule is O=C(OCC(=O)N(C1CC1)[C@H]1CCS(=O)(=O)C1)c1cc2cc(Cl)ccc2o1. The van der Waals surface area contributed by atoms with Crippen LogP contribution in [0.15, 0.2) is 28.7 Å². The second-order valence-corrected chi connectivity index (χ2v) is 9.62. The number of hydrogen-bond acceptors (Lipinski definition) is 6. The van der Waals surface area contributed by atoms with Crippen molar-refractivity contribution in [3.05, 3.63) is 35.0 Å². The summed E-state index contributed by atoms with van der Waals surface area (Å²) in [5.74, 6) is -1.05. The van der Waals surface area contributed by atoms with E-state index in [1.165, 1.54) is 6.07 Å². The smallest absolute Gasteiger partial charge is 0.374 e. The van der Waals surface area contributed by atoms with Gasteiger partial charge in [0, 0.05) is 22.5 Å². The number of carbonyl (C=O) groups excluding carboxylic acids is 2. The van der Waals surface area contributed by atoms with Crippen molar-refractivity contribution in [1.82, 2.24) is 4.90 Å². The summed E-state index contributed by atoms with van der Waals surface area (Å²) in [7, 11) is -3.10. The second-order valence-electron chi connectivity index (χ2n) is 6.96. The molecule has 7 nitrogen and oxygen atoms in total. The monoisotopic (exact) mass is 411 g/mol. The molecule has 4 rings (SSSR count). The maximum atomic E-state index is 12.6. The number of rotatable bonds is 5. The van der Waals surface area contributed by atoms with Crippen LogP contribution in [0.25, 0.3) is 11.0 Å². The molecule has 2 fully saturated rings. The van der Waals surface area contributed by atoms with E-state index >= 15 is 0 Å². The summed E-state index contributed by atoms with van der Waals surface area (Å²) < 4.78 is 34.0. The molecule has 27 heavy (non-hydrogen) atoms. The Morgan fingerprint density at radius 2 is 1.96 bits per heavy atom. The van der Waals surface area contributed by atoms with E-state index in [0.29, 0.717) is 22.4 Å². The molecular weight excluding hydrogens is 394 g/mol. The zero-order valence-electron chi connectivity index (χ0n) is 14.4. The number of benzene rings is 1. The molecule has 1 amide bonds. The van der Waals surface area contributed by atoms with Crippen molar-refractivity contribution in [2.45, 2.75) is 31.3 Å². The van der Waals surface area contributed by atoms with Crippen LogP contribution in [0.2, 0.25) is 5.02 Å². The number of sulfone groups is 1. The van der Waals surface area contributed by atoms with E-state index in [9.17, 15) is 18.0 Å². The molecule has 1 aliphatic carbocycles. The van der Waals surface area contributed by atoms with Gasteiger partial charge in [0.2, 0.25) is 5.76 Å². The van der Waals surface area contributed by atoms with Crippen LogP contribution < -0.4 is 0 Å². The van der Waals surface area contributed by atoms with Crippen molar-refractivity contribution in [1.29, 1.82) is 0 Å². The van der Waals surface area contributed by atoms with E-state index < -0.39 is 22.4 Å². The molecule has 2 heterocycles. The Labute approximate surface area is 161 Å². The van der Waals surface area contributed by atoms with Crippen LogP contribution in [0.3, 0.4) is 0 Å². The Morgan fingerprint density at radius 1 is 1.19 bits per heavy atom. The van der Waals surface area contributed by atoms with Crippen LogP contribution in [-0.2, 0) is 19.4 Å². The molecule has 0 radical (unpaired) electrons. The van der Waals surface area contributed by atoms with Crippen molar-refractivity contribution in [2.75, 3.05) is 18.1 Å². The summed E-state index contributed by atoms with van der Waals surface area (Å²) in [4.78, 5) is 26.4. The number of halogens is 1. The van der Waals surface area contributed by atoms with Gasteiger partial charge in [0.05, 0.1) is 11.5 Å². The minimum Gasteiger partial charge on any atom is -0.450 e. The highest BCUT2D eigenvalue weighted by Crippen LogP contribution is 2.32. The first kappa shape index (κ1) is 18.3. The third-order valence-electron chi connectivity index (χ3n) is 4.84. The highest BCUT2D eigenvalue weighted by Gasteiger charge is 2.42. The molecule has 2 aliphatic rings. The topological polar surface area (TPSA) is 93.9 Å². The molecule has 1 aromatic heterocycles. The van der Waals surface area contributed by atoms with Crippen LogP contribution in [0, 0.1) is 0 Å². The molecule has 144 valence electrons. The average molecular weight is 412 g/mol. The lowest BCUT2D eigenvalue weighted by atomic mass is 10.2. The minimum absolute atomic E-state index is 0.0125. The number of ether oxygens (including phenoxy) is 1. The van der Waals surface area contributed by atoms with Crippen molar-refractivity contribution < 1.29 is 27.2 Å². The van der Waals surface area contributed by atoms with Gasteiger partial charge >= 0.3 is 5.97 Å². The molecule has 1 atom stereocenters. The Kier molecular flexibility index (Phi) is 4.63. The predicted molar refractivity (Wildman–Crippen MR) is 98.4 cm³/mol. The lowest BCUT2D eigenvalue weighted by molar-refractivity contribution is -0.137. The molecule has 2 aromatic rings. The predicted octanol–water partition coefficient (Wildman–Crippen LogP) is 2.42. The number of carbonyl (C=O) groups is 2. The highest BCUT2D eigenvalue weighted by atomic mass is 35.5. The Bertz CT molecular complexity index is 1010. The van der Waals surface area contributed by atoms with Gasteiger partial charge in [0.1, 0.15) is 5.58 Å². The normalized spacial score (nSPS) is 21.3. The van der Waals surface area contributed by atoms with Gasteiger partial charge in [-0.25, -0.2) is 13.2 Å². The molecule has 1 aromatic carbocycles. The van der Waals surface area contributed by atoms with Crippen molar-refractivity contribution >= 4 is 44.3 Å². The van der Waals surface area contributed by atoms with E-state index in [2.05, 4.69) is 0 Å². The van der Waals surface area contributed by atoms with Gasteiger partial charge < -0.3 is 14.1 Å². The van der Waals surface area contributed by atoms with Crippen molar-refractivity contribution in [2.24, 2.45) is 0 Å². The average Bonchev–Trinajstić information content (AvgIpc) is 3.24. The zero-order valence-corrected chi connectivity index (χ0v) is 16.0. The number of fused-ring (bicyclic) bond motifs is 1. The molecule has 1 saturated heterocycles. The largest absolute Gasteiger partial charge is 0.450 e. The second kappa shape index (κ2) is 6.83. The summed E-state index contributed by atoms with van der Waals surface area (Å²) >= 11 is 5.91. The third kappa shape index (κ3) is 3.96. The van der Waals surface area contributed by atoms with E-state index in [1.54, 1.807) is 23.1 Å². The summed E-state index contributed by atoms with van der Waals surface area (Å²) in [5, 5.41) is 1.18. The summed E-state index contributed by atoms with van der Waals surface area (Å²) in [6, 6.07) is 6.18. The maximum absolute atomic E-state index is 12.6. The van der Waals surface area contributed by atoms with Crippen molar-refractivity contribution in [3.8, 4) is 0 Å². The Hall–Kier alpha value is -2.06. The van der Waals surface area contributed by atoms with Crippen LogP contribution >= 0.6 is 11.6 Å². The first-order valence-corrected chi connectivity index (χ1v) is 10.9. The molecule has 9 heteroatoms. The lowest BCUT2D eigenvalue weighted by Crippen LogP contribution is -2.44. The van der Waals surface area contributed by atoms with E-state index in [1.807, 2.05) is 0 Å². The fourth-order valence-electron chi connectivity index (χ4n) is 3.44.